The van der Waals surface area contributed by atoms with Crippen molar-refractivity contribution in [2.24, 2.45) is 0 Å². The molecule has 3 rings (SSSR count). The molecule has 1 saturated heterocycles. The number of para-hydroxylation sites is 1. The van der Waals surface area contributed by atoms with E-state index < -0.39 is 0 Å². The van der Waals surface area contributed by atoms with Gasteiger partial charge in [0.05, 0.1) is 29.6 Å². The van der Waals surface area contributed by atoms with Gasteiger partial charge >= 0.3 is 0 Å². The van der Waals surface area contributed by atoms with E-state index in [0.29, 0.717) is 29.8 Å². The second-order valence-electron chi connectivity index (χ2n) is 7.27. The lowest BCUT2D eigenvalue weighted by molar-refractivity contribution is -0.118. The van der Waals surface area contributed by atoms with Gasteiger partial charge in [-0.2, -0.15) is 0 Å². The fraction of sp³-hybridized carbons (Fsp3) is 0.409. The first-order valence-electron chi connectivity index (χ1n) is 9.60. The molecule has 0 radical (unpaired) electrons. The zero-order chi connectivity index (χ0) is 20.1. The monoisotopic (exact) mass is 402 g/mol. The van der Waals surface area contributed by atoms with Crippen LogP contribution in [-0.2, 0) is 9.53 Å². The molecule has 1 N–H and O–H groups in total. The molecule has 28 heavy (non-hydrogen) atoms. The molecule has 0 atom stereocenters. The van der Waals surface area contributed by atoms with E-state index >= 15 is 0 Å². The van der Waals surface area contributed by atoms with Gasteiger partial charge in [0.25, 0.3) is 5.91 Å². The maximum Gasteiger partial charge on any atom is 0.262 e. The molecule has 150 valence electrons. The van der Waals surface area contributed by atoms with Gasteiger partial charge in [-0.25, -0.2) is 0 Å². The highest BCUT2D eigenvalue weighted by Gasteiger charge is 2.19. The fourth-order valence-electron chi connectivity index (χ4n) is 3.30. The molecular weight excluding hydrogens is 376 g/mol. The fourth-order valence-corrected chi connectivity index (χ4v) is 3.59. The van der Waals surface area contributed by atoms with Crippen molar-refractivity contribution in [2.75, 3.05) is 43.1 Å². The van der Waals surface area contributed by atoms with Crippen molar-refractivity contribution >= 4 is 28.9 Å². The molecule has 0 aromatic heterocycles. The number of morpholine rings is 1. The molecule has 6 heteroatoms. The van der Waals surface area contributed by atoms with Crippen LogP contribution in [0.25, 0.3) is 0 Å². The number of benzene rings is 2. The van der Waals surface area contributed by atoms with Gasteiger partial charge in [0.2, 0.25) is 0 Å². The number of halogens is 1. The highest BCUT2D eigenvalue weighted by atomic mass is 35.5. The minimum Gasteiger partial charge on any atom is -0.483 e. The quantitative estimate of drug-likeness (QED) is 0.765. The Morgan fingerprint density at radius 3 is 2.71 bits per heavy atom. The second kappa shape index (κ2) is 9.30. The summed E-state index contributed by atoms with van der Waals surface area (Å²) < 4.78 is 11.3. The summed E-state index contributed by atoms with van der Waals surface area (Å²) >= 11 is 6.43. The maximum atomic E-state index is 12.6. The molecule has 1 heterocycles. The summed E-state index contributed by atoms with van der Waals surface area (Å²) in [4.78, 5) is 14.7. The lowest BCUT2D eigenvalue weighted by Gasteiger charge is -2.31. The highest BCUT2D eigenvalue weighted by molar-refractivity contribution is 6.34. The van der Waals surface area contributed by atoms with Crippen LogP contribution in [0.1, 0.15) is 30.9 Å². The molecule has 2 aromatic carbocycles. The predicted octanol–water partition coefficient (Wildman–Crippen LogP) is 4.63. The van der Waals surface area contributed by atoms with Crippen molar-refractivity contribution in [1.82, 2.24) is 0 Å². The summed E-state index contributed by atoms with van der Waals surface area (Å²) in [6.07, 6.45) is 0. The van der Waals surface area contributed by atoms with Gasteiger partial charge in [0.1, 0.15) is 5.75 Å². The van der Waals surface area contributed by atoms with E-state index in [0.717, 1.165) is 35.7 Å². The third kappa shape index (κ3) is 4.97. The molecule has 0 spiro atoms. The molecule has 0 bridgehead atoms. The van der Waals surface area contributed by atoms with E-state index in [-0.39, 0.29) is 12.5 Å². The number of carbonyl (C=O) groups excluding carboxylic acids is 1. The second-order valence-corrected chi connectivity index (χ2v) is 7.68. The number of amides is 1. The van der Waals surface area contributed by atoms with Crippen LogP contribution >= 0.6 is 11.6 Å². The number of ether oxygens (including phenoxy) is 2. The molecule has 2 aromatic rings. The average molecular weight is 403 g/mol. The Kier molecular flexibility index (Phi) is 6.81. The Morgan fingerprint density at radius 1 is 1.25 bits per heavy atom. The van der Waals surface area contributed by atoms with Gasteiger partial charge in [-0.1, -0.05) is 43.6 Å². The van der Waals surface area contributed by atoms with Crippen molar-refractivity contribution in [1.29, 1.82) is 0 Å². The standard InChI is InChI=1S/C22H27ClN2O3/c1-15(2)17-8-7-16(3)13-20(17)28-14-21(26)24-19-6-4-5-18(23)22(19)25-9-11-27-12-10-25/h4-8,13,15H,9-12,14H2,1-3H3,(H,24,26). The van der Waals surface area contributed by atoms with E-state index in [1.54, 1.807) is 0 Å². The molecule has 1 fully saturated rings. The van der Waals surface area contributed by atoms with E-state index in [4.69, 9.17) is 21.1 Å². The zero-order valence-electron chi connectivity index (χ0n) is 16.6. The minimum absolute atomic E-state index is 0.0573. The number of anilines is 2. The van der Waals surface area contributed by atoms with Crippen LogP contribution in [0.2, 0.25) is 5.02 Å². The average Bonchev–Trinajstić information content (AvgIpc) is 2.67. The van der Waals surface area contributed by atoms with E-state index in [1.807, 2.05) is 31.2 Å². The van der Waals surface area contributed by atoms with E-state index in [9.17, 15) is 4.79 Å². The van der Waals surface area contributed by atoms with Crippen LogP contribution in [-0.4, -0.2) is 38.8 Å². The van der Waals surface area contributed by atoms with E-state index in [2.05, 4.69) is 36.2 Å². The number of hydrogen-bond acceptors (Lipinski definition) is 4. The number of hydrogen-bond donors (Lipinski definition) is 1. The first-order valence-corrected chi connectivity index (χ1v) is 9.98. The topological polar surface area (TPSA) is 50.8 Å². The normalized spacial score (nSPS) is 14.2. The zero-order valence-corrected chi connectivity index (χ0v) is 17.4. The number of aryl methyl sites for hydroxylation is 1. The summed E-state index contributed by atoms with van der Waals surface area (Å²) in [5, 5.41) is 3.56. The first kappa shape index (κ1) is 20.5. The van der Waals surface area contributed by atoms with Gasteiger partial charge in [-0.3, -0.25) is 4.79 Å². The van der Waals surface area contributed by atoms with Crippen LogP contribution in [0, 0.1) is 6.92 Å². The number of nitrogens with zero attached hydrogens (tertiary/aromatic N) is 1. The molecule has 1 aliphatic rings. The largest absolute Gasteiger partial charge is 0.483 e. The SMILES string of the molecule is Cc1ccc(C(C)C)c(OCC(=O)Nc2cccc(Cl)c2N2CCOCC2)c1. The lowest BCUT2D eigenvalue weighted by Crippen LogP contribution is -2.37. The van der Waals surface area contributed by atoms with Crippen molar-refractivity contribution in [3.8, 4) is 5.75 Å². The summed E-state index contributed by atoms with van der Waals surface area (Å²) in [7, 11) is 0. The molecular formula is C22H27ClN2O3. The van der Waals surface area contributed by atoms with Crippen LogP contribution in [0.15, 0.2) is 36.4 Å². The Bertz CT molecular complexity index is 833. The number of nitrogens with one attached hydrogen (secondary N) is 1. The lowest BCUT2D eigenvalue weighted by atomic mass is 10.0. The minimum atomic E-state index is -0.215. The van der Waals surface area contributed by atoms with Gasteiger partial charge in [0.15, 0.2) is 6.61 Å². The van der Waals surface area contributed by atoms with Crippen LogP contribution in [0.4, 0.5) is 11.4 Å². The van der Waals surface area contributed by atoms with Gasteiger partial charge in [-0.05, 0) is 42.2 Å². The van der Waals surface area contributed by atoms with Crippen LogP contribution in [0.5, 0.6) is 5.75 Å². The van der Waals surface area contributed by atoms with Gasteiger partial charge < -0.3 is 19.7 Å². The van der Waals surface area contributed by atoms with Crippen LogP contribution < -0.4 is 15.0 Å². The molecule has 1 amide bonds. The highest BCUT2D eigenvalue weighted by Crippen LogP contribution is 2.34. The summed E-state index contributed by atoms with van der Waals surface area (Å²) in [5.74, 6) is 0.858. The third-order valence-corrected chi connectivity index (χ3v) is 5.04. The summed E-state index contributed by atoms with van der Waals surface area (Å²) in [5.41, 5.74) is 3.72. The Labute approximate surface area is 171 Å². The Morgan fingerprint density at radius 2 is 2.00 bits per heavy atom. The van der Waals surface area contributed by atoms with Crippen LogP contribution in [0.3, 0.4) is 0 Å². The molecule has 0 saturated carbocycles. The number of carbonyl (C=O) groups is 1. The summed E-state index contributed by atoms with van der Waals surface area (Å²) in [6.45, 7) is 8.95. The third-order valence-electron chi connectivity index (χ3n) is 4.74. The van der Waals surface area contributed by atoms with Gasteiger partial charge in [-0.15, -0.1) is 0 Å². The maximum absolute atomic E-state index is 12.6. The number of rotatable bonds is 6. The van der Waals surface area contributed by atoms with E-state index in [1.165, 1.54) is 0 Å². The Hall–Kier alpha value is -2.24. The van der Waals surface area contributed by atoms with Gasteiger partial charge in [0, 0.05) is 13.1 Å². The van der Waals surface area contributed by atoms with Crippen molar-refractivity contribution in [3.05, 3.63) is 52.5 Å². The first-order chi connectivity index (χ1) is 13.5. The van der Waals surface area contributed by atoms with Crippen molar-refractivity contribution in [2.45, 2.75) is 26.7 Å². The molecule has 5 nitrogen and oxygen atoms in total. The molecule has 0 aliphatic carbocycles. The van der Waals surface area contributed by atoms with Crippen molar-refractivity contribution in [3.63, 3.8) is 0 Å². The summed E-state index contributed by atoms with van der Waals surface area (Å²) in [6, 6.07) is 11.6. The Balaban J connectivity index is 1.71. The predicted molar refractivity (Wildman–Crippen MR) is 114 cm³/mol. The van der Waals surface area contributed by atoms with Crippen molar-refractivity contribution < 1.29 is 14.3 Å². The smallest absolute Gasteiger partial charge is 0.262 e. The molecule has 0 unspecified atom stereocenters. The molecule has 1 aliphatic heterocycles.